The summed E-state index contributed by atoms with van der Waals surface area (Å²) in [6.07, 6.45) is 0. The van der Waals surface area contributed by atoms with Gasteiger partial charge in [-0.05, 0) is 11.1 Å². The number of pyridine rings is 1. The smallest absolute Gasteiger partial charge is 0.332 e. The zero-order valence-electron chi connectivity index (χ0n) is 16.9. The van der Waals surface area contributed by atoms with Gasteiger partial charge in [0.2, 0.25) is 0 Å². The van der Waals surface area contributed by atoms with Crippen LogP contribution in [0.4, 0.5) is 11.5 Å². The summed E-state index contributed by atoms with van der Waals surface area (Å²) in [5.41, 5.74) is 2.39. The number of nitrogens with zero attached hydrogens (tertiary/aromatic N) is 3. The predicted molar refractivity (Wildman–Crippen MR) is 120 cm³/mol. The summed E-state index contributed by atoms with van der Waals surface area (Å²) in [7, 11) is 3.10. The molecule has 0 aliphatic heterocycles. The van der Waals surface area contributed by atoms with E-state index in [-0.39, 0.29) is 5.56 Å². The van der Waals surface area contributed by atoms with Gasteiger partial charge in [-0.2, -0.15) is 0 Å². The fourth-order valence-electron chi connectivity index (χ4n) is 3.37. The SMILES string of the molecule is Cn1c(=O)c2c(NCc3ccccc3)cc(NCc3ccccc3)nc2n(C)c1=O. The van der Waals surface area contributed by atoms with E-state index in [0.29, 0.717) is 35.6 Å². The Hall–Kier alpha value is -3.87. The fraction of sp³-hybridized carbons (Fsp3) is 0.174. The normalized spacial score (nSPS) is 10.9. The van der Waals surface area contributed by atoms with Crippen LogP contribution in [0, 0.1) is 0 Å². The van der Waals surface area contributed by atoms with Gasteiger partial charge in [0.15, 0.2) is 5.65 Å². The molecule has 152 valence electrons. The van der Waals surface area contributed by atoms with Crippen LogP contribution in [0.3, 0.4) is 0 Å². The van der Waals surface area contributed by atoms with Gasteiger partial charge >= 0.3 is 5.69 Å². The number of nitrogens with one attached hydrogen (secondary N) is 2. The Kier molecular flexibility index (Phi) is 5.34. The quantitative estimate of drug-likeness (QED) is 0.519. The molecule has 0 bridgehead atoms. The van der Waals surface area contributed by atoms with Gasteiger partial charge in [-0.25, -0.2) is 9.78 Å². The van der Waals surface area contributed by atoms with E-state index >= 15 is 0 Å². The molecule has 0 amide bonds. The number of fused-ring (bicyclic) bond motifs is 1. The van der Waals surface area contributed by atoms with Crippen molar-refractivity contribution in [2.45, 2.75) is 13.1 Å². The molecule has 4 rings (SSSR count). The Labute approximate surface area is 173 Å². The third-order valence-corrected chi connectivity index (χ3v) is 5.05. The third kappa shape index (κ3) is 3.82. The standard InChI is InChI=1S/C23H23N5O2/c1-27-21-20(22(29)28(2)23(27)30)18(24-14-16-9-5-3-6-10-16)13-19(26-21)25-15-17-11-7-4-8-12-17/h3-13H,14-15H2,1-2H3,(H2,24,25,26). The molecule has 0 fully saturated rings. The monoisotopic (exact) mass is 401 g/mol. The second-order valence-electron chi connectivity index (χ2n) is 7.14. The van der Waals surface area contributed by atoms with Gasteiger partial charge in [-0.15, -0.1) is 0 Å². The van der Waals surface area contributed by atoms with Crippen molar-refractivity contribution in [3.05, 3.63) is 98.7 Å². The Bertz CT molecular complexity index is 1290. The first-order valence-corrected chi connectivity index (χ1v) is 9.71. The highest BCUT2D eigenvalue weighted by Crippen LogP contribution is 2.23. The first-order valence-electron chi connectivity index (χ1n) is 9.71. The minimum atomic E-state index is -0.408. The highest BCUT2D eigenvalue weighted by Gasteiger charge is 2.15. The lowest BCUT2D eigenvalue weighted by Crippen LogP contribution is -2.37. The molecule has 2 N–H and O–H groups in total. The van der Waals surface area contributed by atoms with Gasteiger partial charge in [0.05, 0.1) is 5.69 Å². The number of hydrogen-bond donors (Lipinski definition) is 2. The lowest BCUT2D eigenvalue weighted by Gasteiger charge is -2.15. The number of aryl methyl sites for hydroxylation is 1. The zero-order valence-corrected chi connectivity index (χ0v) is 16.9. The maximum Gasteiger partial charge on any atom is 0.332 e. The van der Waals surface area contributed by atoms with Crippen LogP contribution in [0.25, 0.3) is 11.0 Å². The van der Waals surface area contributed by atoms with Crippen molar-refractivity contribution in [1.82, 2.24) is 14.1 Å². The van der Waals surface area contributed by atoms with E-state index < -0.39 is 5.69 Å². The Morgan fingerprint density at radius 3 is 1.97 bits per heavy atom. The van der Waals surface area contributed by atoms with Crippen LogP contribution in [-0.2, 0) is 27.2 Å². The van der Waals surface area contributed by atoms with E-state index in [9.17, 15) is 9.59 Å². The molecule has 30 heavy (non-hydrogen) atoms. The summed E-state index contributed by atoms with van der Waals surface area (Å²) in [6.45, 7) is 1.13. The molecule has 0 aliphatic rings. The highest BCUT2D eigenvalue weighted by atomic mass is 16.2. The predicted octanol–water partition coefficient (Wildman–Crippen LogP) is 2.86. The molecule has 0 radical (unpaired) electrons. The summed E-state index contributed by atoms with van der Waals surface area (Å²) >= 11 is 0. The third-order valence-electron chi connectivity index (χ3n) is 5.05. The van der Waals surface area contributed by atoms with Gasteiger partial charge in [0.25, 0.3) is 5.56 Å². The van der Waals surface area contributed by atoms with Crippen LogP contribution in [0.2, 0.25) is 0 Å². The summed E-state index contributed by atoms with van der Waals surface area (Å²) in [6, 6.07) is 21.7. The maximum absolute atomic E-state index is 12.9. The summed E-state index contributed by atoms with van der Waals surface area (Å²) < 4.78 is 2.51. The van der Waals surface area contributed by atoms with E-state index in [1.54, 1.807) is 7.05 Å². The lowest BCUT2D eigenvalue weighted by atomic mass is 10.2. The van der Waals surface area contributed by atoms with E-state index in [2.05, 4.69) is 15.6 Å². The minimum absolute atomic E-state index is 0.344. The summed E-state index contributed by atoms with van der Waals surface area (Å²) in [5.74, 6) is 0.588. The van der Waals surface area contributed by atoms with E-state index in [0.717, 1.165) is 15.7 Å². The van der Waals surface area contributed by atoms with Gasteiger partial charge in [0, 0.05) is 33.3 Å². The van der Waals surface area contributed by atoms with Gasteiger partial charge in [-0.1, -0.05) is 60.7 Å². The van der Waals surface area contributed by atoms with E-state index in [1.807, 2.05) is 66.7 Å². The van der Waals surface area contributed by atoms with Crippen LogP contribution in [0.5, 0.6) is 0 Å². The minimum Gasteiger partial charge on any atom is -0.380 e. The van der Waals surface area contributed by atoms with Crippen molar-refractivity contribution in [2.75, 3.05) is 10.6 Å². The molecule has 0 unspecified atom stereocenters. The van der Waals surface area contributed by atoms with Crippen LogP contribution in [-0.4, -0.2) is 14.1 Å². The van der Waals surface area contributed by atoms with E-state index in [4.69, 9.17) is 0 Å². The average molecular weight is 401 g/mol. The van der Waals surface area contributed by atoms with Crippen molar-refractivity contribution >= 4 is 22.5 Å². The Balaban J connectivity index is 1.77. The molecule has 0 spiro atoms. The van der Waals surface area contributed by atoms with Gasteiger partial charge < -0.3 is 10.6 Å². The molecule has 7 nitrogen and oxygen atoms in total. The van der Waals surface area contributed by atoms with E-state index in [1.165, 1.54) is 11.6 Å². The highest BCUT2D eigenvalue weighted by molar-refractivity contribution is 5.90. The van der Waals surface area contributed by atoms with Crippen molar-refractivity contribution in [3.63, 3.8) is 0 Å². The second kappa shape index (κ2) is 8.24. The molecule has 2 heterocycles. The van der Waals surface area contributed by atoms with Crippen molar-refractivity contribution in [2.24, 2.45) is 14.1 Å². The number of hydrogen-bond acceptors (Lipinski definition) is 5. The molecule has 2 aromatic heterocycles. The number of benzene rings is 2. The zero-order chi connectivity index (χ0) is 21.1. The summed E-state index contributed by atoms with van der Waals surface area (Å²) in [5, 5.41) is 7.04. The van der Waals surface area contributed by atoms with Crippen LogP contribution in [0.1, 0.15) is 11.1 Å². The molecule has 0 atom stereocenters. The topological polar surface area (TPSA) is 81.0 Å². The van der Waals surface area contributed by atoms with Crippen molar-refractivity contribution in [3.8, 4) is 0 Å². The van der Waals surface area contributed by atoms with Crippen LogP contribution < -0.4 is 21.9 Å². The molecular formula is C23H23N5O2. The molecule has 0 saturated carbocycles. The maximum atomic E-state index is 12.9. The first-order chi connectivity index (χ1) is 14.5. The Morgan fingerprint density at radius 1 is 0.800 bits per heavy atom. The Morgan fingerprint density at radius 2 is 1.37 bits per heavy atom. The first kappa shape index (κ1) is 19.4. The molecular weight excluding hydrogens is 378 g/mol. The van der Waals surface area contributed by atoms with Gasteiger partial charge in [0.1, 0.15) is 11.2 Å². The fourth-order valence-corrected chi connectivity index (χ4v) is 3.37. The van der Waals surface area contributed by atoms with Crippen molar-refractivity contribution < 1.29 is 0 Å². The number of aromatic nitrogens is 3. The second-order valence-corrected chi connectivity index (χ2v) is 7.14. The molecule has 7 heteroatoms. The van der Waals surface area contributed by atoms with Crippen molar-refractivity contribution in [1.29, 1.82) is 0 Å². The molecule has 4 aromatic rings. The van der Waals surface area contributed by atoms with Crippen LogP contribution >= 0.6 is 0 Å². The summed E-state index contributed by atoms with van der Waals surface area (Å²) in [4.78, 5) is 29.9. The number of anilines is 2. The molecule has 0 aliphatic carbocycles. The average Bonchev–Trinajstić information content (AvgIpc) is 2.79. The molecule has 2 aromatic carbocycles. The van der Waals surface area contributed by atoms with Crippen LogP contribution in [0.15, 0.2) is 76.3 Å². The largest absolute Gasteiger partial charge is 0.380 e. The number of rotatable bonds is 6. The molecule has 0 saturated heterocycles. The lowest BCUT2D eigenvalue weighted by molar-refractivity contribution is 0.708. The van der Waals surface area contributed by atoms with Gasteiger partial charge in [-0.3, -0.25) is 13.9 Å².